The Hall–Kier alpha value is -4.40. The molecular formula is C31H31F2N5O6S. The molecule has 2 saturated heterocycles. The molecule has 4 aromatic rings. The highest BCUT2D eigenvalue weighted by molar-refractivity contribution is 7.91. The van der Waals surface area contributed by atoms with E-state index < -0.39 is 38.4 Å². The lowest BCUT2D eigenvalue weighted by molar-refractivity contribution is 0.0904. The van der Waals surface area contributed by atoms with Crippen LogP contribution in [0.2, 0.25) is 0 Å². The summed E-state index contributed by atoms with van der Waals surface area (Å²) in [5.74, 6) is -2.93. The van der Waals surface area contributed by atoms with Gasteiger partial charge >= 0.3 is 6.09 Å². The first kappa shape index (κ1) is 30.6. The number of aromatic nitrogens is 2. The van der Waals surface area contributed by atoms with Crippen LogP contribution in [0.4, 0.5) is 25.1 Å². The first-order valence-corrected chi connectivity index (χ1v) is 16.0. The predicted octanol–water partition coefficient (Wildman–Crippen LogP) is 5.11. The minimum Gasteiger partial charge on any atom is -0.463 e. The molecule has 0 saturated carbocycles. The standard InChI is InChI=1S/C31H31F2N5O6S/c32-20-14-21(33)16-24(15-20)45(42,43)23-4-6-28-26(17-23)29(36-38(28)31(40)41)35-30(39)25-5-3-19(18-37-9-1-2-10-37)13-27(25)34-22-7-11-44-12-8-22/h3-6,13-17,22,34H,1-2,7-12,18H2,(H,40,41)(H,35,36,39). The minimum atomic E-state index is -4.42. The molecule has 0 radical (unpaired) electrons. The number of halogens is 2. The van der Waals surface area contributed by atoms with Crippen LogP contribution in [0.5, 0.6) is 0 Å². The minimum absolute atomic E-state index is 0.00341. The molecule has 236 valence electrons. The van der Waals surface area contributed by atoms with Crippen molar-refractivity contribution in [3.05, 3.63) is 77.4 Å². The van der Waals surface area contributed by atoms with E-state index in [2.05, 4.69) is 20.6 Å². The third-order valence-corrected chi connectivity index (χ3v) is 9.77. The Morgan fingerprint density at radius 3 is 2.36 bits per heavy atom. The van der Waals surface area contributed by atoms with Crippen molar-refractivity contribution in [3.8, 4) is 0 Å². The molecule has 0 bridgehead atoms. The van der Waals surface area contributed by atoms with Gasteiger partial charge in [0, 0.05) is 42.9 Å². The van der Waals surface area contributed by atoms with Crippen molar-refractivity contribution in [1.29, 1.82) is 0 Å². The quantitative estimate of drug-likeness (QED) is 0.240. The first-order valence-electron chi connectivity index (χ1n) is 14.6. The number of sulfone groups is 1. The number of anilines is 2. The SMILES string of the molecule is O=C(Nc1nn(C(=O)O)c2ccc(S(=O)(=O)c3cc(F)cc(F)c3)cc12)c1ccc(CN2CCCC2)cc1NC1CCOCC1. The summed E-state index contributed by atoms with van der Waals surface area (Å²) in [4.78, 5) is 27.1. The Morgan fingerprint density at radius 2 is 1.67 bits per heavy atom. The molecule has 0 atom stereocenters. The van der Waals surface area contributed by atoms with Crippen molar-refractivity contribution in [2.45, 2.75) is 48.1 Å². The van der Waals surface area contributed by atoms with Crippen molar-refractivity contribution in [2.75, 3.05) is 36.9 Å². The van der Waals surface area contributed by atoms with Crippen LogP contribution in [0, 0.1) is 11.6 Å². The maximum absolute atomic E-state index is 13.9. The van der Waals surface area contributed by atoms with Crippen molar-refractivity contribution in [2.24, 2.45) is 0 Å². The molecule has 1 amide bonds. The molecule has 1 aromatic heterocycles. The van der Waals surface area contributed by atoms with Crippen LogP contribution >= 0.6 is 0 Å². The molecule has 3 aromatic carbocycles. The molecular weight excluding hydrogens is 608 g/mol. The van der Waals surface area contributed by atoms with Crippen LogP contribution < -0.4 is 10.6 Å². The van der Waals surface area contributed by atoms with Crippen LogP contribution in [-0.2, 0) is 21.1 Å². The lowest BCUT2D eigenvalue weighted by Gasteiger charge is -2.26. The zero-order chi connectivity index (χ0) is 31.7. The Morgan fingerprint density at radius 1 is 0.956 bits per heavy atom. The number of benzene rings is 3. The molecule has 0 spiro atoms. The van der Waals surface area contributed by atoms with Gasteiger partial charge in [0.1, 0.15) is 11.6 Å². The van der Waals surface area contributed by atoms with Gasteiger partial charge in [0.15, 0.2) is 5.82 Å². The van der Waals surface area contributed by atoms with E-state index in [1.54, 1.807) is 6.07 Å². The summed E-state index contributed by atoms with van der Waals surface area (Å²) in [5.41, 5.74) is 1.94. The van der Waals surface area contributed by atoms with Crippen LogP contribution in [-0.4, -0.2) is 72.6 Å². The average Bonchev–Trinajstić information content (AvgIpc) is 3.65. The number of likely N-dealkylation sites (tertiary alicyclic amines) is 1. The third kappa shape index (κ3) is 6.53. The molecule has 3 N–H and O–H groups in total. The third-order valence-electron chi connectivity index (χ3n) is 8.04. The fourth-order valence-electron chi connectivity index (χ4n) is 5.77. The largest absolute Gasteiger partial charge is 0.463 e. The zero-order valence-corrected chi connectivity index (χ0v) is 24.9. The maximum atomic E-state index is 13.9. The number of hydrogen-bond donors (Lipinski definition) is 3. The van der Waals surface area contributed by atoms with Gasteiger partial charge in [0.05, 0.1) is 20.9 Å². The Balaban J connectivity index is 1.36. The van der Waals surface area contributed by atoms with E-state index in [0.717, 1.165) is 63.0 Å². The van der Waals surface area contributed by atoms with Crippen molar-refractivity contribution in [3.63, 3.8) is 0 Å². The second-order valence-electron chi connectivity index (χ2n) is 11.2. The average molecular weight is 640 g/mol. The first-order chi connectivity index (χ1) is 21.6. The van der Waals surface area contributed by atoms with Gasteiger partial charge in [-0.3, -0.25) is 9.69 Å². The van der Waals surface area contributed by atoms with Gasteiger partial charge in [0.25, 0.3) is 5.91 Å². The summed E-state index contributed by atoms with van der Waals surface area (Å²) in [6, 6.07) is 11.0. The highest BCUT2D eigenvalue weighted by atomic mass is 32.2. The highest BCUT2D eigenvalue weighted by Crippen LogP contribution is 2.31. The maximum Gasteiger partial charge on any atom is 0.432 e. The van der Waals surface area contributed by atoms with E-state index in [0.29, 0.717) is 47.3 Å². The fraction of sp³-hybridized carbons (Fsp3) is 0.323. The van der Waals surface area contributed by atoms with Crippen molar-refractivity contribution >= 4 is 44.2 Å². The summed E-state index contributed by atoms with van der Waals surface area (Å²) < 4.78 is 60.4. The molecule has 0 unspecified atom stereocenters. The van der Waals surface area contributed by atoms with Gasteiger partial charge in [-0.2, -0.15) is 4.68 Å². The van der Waals surface area contributed by atoms with Crippen LogP contribution in [0.3, 0.4) is 0 Å². The molecule has 2 fully saturated rings. The van der Waals surface area contributed by atoms with Crippen LogP contribution in [0.25, 0.3) is 10.9 Å². The summed E-state index contributed by atoms with van der Waals surface area (Å²) >= 11 is 0. The van der Waals surface area contributed by atoms with E-state index in [9.17, 15) is 31.9 Å². The molecule has 6 rings (SSSR count). The second-order valence-corrected chi connectivity index (χ2v) is 13.1. The number of carbonyl (C=O) groups excluding carboxylic acids is 1. The van der Waals surface area contributed by atoms with E-state index in [1.165, 1.54) is 6.07 Å². The van der Waals surface area contributed by atoms with Gasteiger partial charge in [-0.1, -0.05) is 6.07 Å². The number of amides is 1. The number of nitrogens with zero attached hydrogens (tertiary/aromatic N) is 3. The molecule has 45 heavy (non-hydrogen) atoms. The lowest BCUT2D eigenvalue weighted by atomic mass is 10.0. The predicted molar refractivity (Wildman–Crippen MR) is 161 cm³/mol. The van der Waals surface area contributed by atoms with E-state index in [-0.39, 0.29) is 27.7 Å². The number of carbonyl (C=O) groups is 2. The van der Waals surface area contributed by atoms with Gasteiger partial charge in [-0.15, -0.1) is 5.10 Å². The van der Waals surface area contributed by atoms with Gasteiger partial charge in [-0.05, 0) is 86.8 Å². The summed E-state index contributed by atoms with van der Waals surface area (Å²) in [5, 5.41) is 19.9. The Bertz CT molecular complexity index is 1860. The summed E-state index contributed by atoms with van der Waals surface area (Å²) in [7, 11) is -4.42. The topological polar surface area (TPSA) is 143 Å². The normalized spacial score (nSPS) is 16.2. The summed E-state index contributed by atoms with van der Waals surface area (Å²) in [6.07, 6.45) is 2.35. The van der Waals surface area contributed by atoms with E-state index in [1.807, 2.05) is 12.1 Å². The van der Waals surface area contributed by atoms with Crippen LogP contribution in [0.15, 0.2) is 64.4 Å². The van der Waals surface area contributed by atoms with Crippen molar-refractivity contribution < 1.29 is 36.6 Å². The number of fused-ring (bicyclic) bond motifs is 1. The smallest absolute Gasteiger partial charge is 0.432 e. The highest BCUT2D eigenvalue weighted by Gasteiger charge is 2.25. The number of carboxylic acid groups (broad SMARTS) is 1. The molecule has 2 aliphatic heterocycles. The van der Waals surface area contributed by atoms with Gasteiger partial charge in [0.2, 0.25) is 9.84 Å². The number of hydrogen-bond acceptors (Lipinski definition) is 8. The molecule has 14 heteroatoms. The molecule has 0 aliphatic carbocycles. The van der Waals surface area contributed by atoms with Gasteiger partial charge in [-0.25, -0.2) is 22.0 Å². The molecule has 3 heterocycles. The number of rotatable bonds is 8. The zero-order valence-electron chi connectivity index (χ0n) is 24.1. The summed E-state index contributed by atoms with van der Waals surface area (Å²) in [6.45, 7) is 3.95. The van der Waals surface area contributed by atoms with Crippen LogP contribution in [0.1, 0.15) is 41.6 Å². The van der Waals surface area contributed by atoms with Gasteiger partial charge < -0.3 is 20.5 Å². The fourth-order valence-corrected chi connectivity index (χ4v) is 7.09. The lowest BCUT2D eigenvalue weighted by Crippen LogP contribution is -2.29. The van der Waals surface area contributed by atoms with E-state index >= 15 is 0 Å². The second kappa shape index (κ2) is 12.5. The Labute approximate surface area is 257 Å². The van der Waals surface area contributed by atoms with E-state index in [4.69, 9.17) is 4.74 Å². The molecule has 11 nitrogen and oxygen atoms in total. The van der Waals surface area contributed by atoms with Crippen molar-refractivity contribution in [1.82, 2.24) is 14.7 Å². The Kier molecular flexibility index (Phi) is 8.53. The number of nitrogens with one attached hydrogen (secondary N) is 2. The number of ether oxygens (including phenoxy) is 1. The molecule has 2 aliphatic rings. The monoisotopic (exact) mass is 639 g/mol.